The van der Waals surface area contributed by atoms with Crippen molar-refractivity contribution >= 4 is 0 Å². The summed E-state index contributed by atoms with van der Waals surface area (Å²) in [6.45, 7) is 0. The second-order valence-corrected chi connectivity index (χ2v) is 2.35. The van der Waals surface area contributed by atoms with Gasteiger partial charge in [0.05, 0.1) is 0 Å². The third-order valence-electron chi connectivity index (χ3n) is 1.51. The molecule has 0 unspecified atom stereocenters. The summed E-state index contributed by atoms with van der Waals surface area (Å²) in [6, 6.07) is 12.4. The van der Waals surface area contributed by atoms with Gasteiger partial charge < -0.3 is 4.98 Å². The fraction of sp³-hybridized carbons (Fsp3) is 0. The molecule has 0 fully saturated rings. The summed E-state index contributed by atoms with van der Waals surface area (Å²) in [5, 5.41) is 0. The monoisotopic (exact) mass is 162 g/mol. The predicted molar refractivity (Wildman–Crippen MR) is 46.3 cm³/mol. The molecule has 0 aromatic carbocycles. The Kier molecular flexibility index (Phi) is 3.69. The van der Waals surface area contributed by atoms with Crippen LogP contribution < -0.4 is 18.9 Å². The average Bonchev–Trinajstić information content (AvgIpc) is 2.21. The third kappa shape index (κ3) is 2.42. The molecule has 58 valence electrons. The number of hydrogen-bond donors (Lipinski definition) is 0. The quantitative estimate of drug-likeness (QED) is 0.395. The zero-order valence-corrected chi connectivity index (χ0v) is 7.44. The van der Waals surface area contributed by atoms with E-state index in [2.05, 4.69) is 16.0 Å². The summed E-state index contributed by atoms with van der Waals surface area (Å²) in [5.41, 5.74) is 1.65. The van der Waals surface area contributed by atoms with E-state index in [0.29, 0.717) is 0 Å². The number of hydrogen-bond acceptors (Lipinski definition) is 2. The number of pyridine rings is 2. The molecular formula is C10H7LiN2. The number of nitrogens with zero attached hydrogens (tertiary/aromatic N) is 2. The maximum absolute atomic E-state index is 4.16. The van der Waals surface area contributed by atoms with Gasteiger partial charge in [0.15, 0.2) is 0 Å². The standard InChI is InChI=1S/C10H7N2.Li/c1-3-7-11-9(5-1)10-6-2-4-8-12-10;/h1-5,7-8H;/q-1;+1. The molecule has 0 N–H and O–H groups in total. The van der Waals surface area contributed by atoms with Crippen molar-refractivity contribution in [2.75, 3.05) is 0 Å². The van der Waals surface area contributed by atoms with Crippen LogP contribution in [0.3, 0.4) is 0 Å². The first-order chi connectivity index (χ1) is 5.97. The van der Waals surface area contributed by atoms with Gasteiger partial charge in [0.1, 0.15) is 0 Å². The van der Waals surface area contributed by atoms with E-state index >= 15 is 0 Å². The van der Waals surface area contributed by atoms with E-state index in [1.807, 2.05) is 30.3 Å². The molecule has 0 atom stereocenters. The van der Waals surface area contributed by atoms with Crippen LogP contribution in [0.1, 0.15) is 0 Å². The van der Waals surface area contributed by atoms with Crippen molar-refractivity contribution in [2.24, 2.45) is 0 Å². The average molecular weight is 162 g/mol. The van der Waals surface area contributed by atoms with E-state index in [1.54, 1.807) is 12.4 Å². The number of aromatic nitrogens is 2. The minimum absolute atomic E-state index is 0. The fourth-order valence-electron chi connectivity index (χ4n) is 0.968. The molecule has 0 aliphatic rings. The van der Waals surface area contributed by atoms with Crippen LogP contribution in [0.15, 0.2) is 42.7 Å². The Bertz CT molecular complexity index is 310. The molecule has 3 heteroatoms. The summed E-state index contributed by atoms with van der Waals surface area (Å²) < 4.78 is 0. The molecule has 0 radical (unpaired) electrons. The van der Waals surface area contributed by atoms with Gasteiger partial charge in [-0.15, -0.1) is 6.07 Å². The molecule has 0 bridgehead atoms. The van der Waals surface area contributed by atoms with Gasteiger partial charge in [-0.2, -0.15) is 12.1 Å². The van der Waals surface area contributed by atoms with Crippen molar-refractivity contribution in [3.63, 3.8) is 0 Å². The van der Waals surface area contributed by atoms with E-state index in [1.165, 1.54) is 0 Å². The molecule has 0 saturated carbocycles. The third-order valence-corrected chi connectivity index (χ3v) is 1.51. The molecule has 0 aliphatic heterocycles. The maximum atomic E-state index is 4.16. The SMILES string of the molecule is [Li+].[c-]1cccnc1-c1ccccn1. The Morgan fingerprint density at radius 2 is 1.85 bits per heavy atom. The molecule has 2 heterocycles. The smallest absolute Gasteiger partial charge is 0.318 e. The number of rotatable bonds is 1. The van der Waals surface area contributed by atoms with Crippen LogP contribution in [-0.2, 0) is 0 Å². The van der Waals surface area contributed by atoms with Crippen molar-refractivity contribution in [1.82, 2.24) is 9.97 Å². The molecule has 2 aromatic heterocycles. The molecule has 2 rings (SSSR count). The van der Waals surface area contributed by atoms with Crippen LogP contribution in [0.2, 0.25) is 0 Å². The van der Waals surface area contributed by atoms with E-state index in [-0.39, 0.29) is 18.9 Å². The van der Waals surface area contributed by atoms with Crippen molar-refractivity contribution in [3.8, 4) is 11.4 Å². The zero-order valence-electron chi connectivity index (χ0n) is 7.44. The Morgan fingerprint density at radius 1 is 1.00 bits per heavy atom. The van der Waals surface area contributed by atoms with Crippen LogP contribution in [0.5, 0.6) is 0 Å². The van der Waals surface area contributed by atoms with Gasteiger partial charge in [0, 0.05) is 6.20 Å². The summed E-state index contributed by atoms with van der Waals surface area (Å²) in [4.78, 5) is 8.29. The summed E-state index contributed by atoms with van der Waals surface area (Å²) in [7, 11) is 0. The van der Waals surface area contributed by atoms with Crippen LogP contribution in [0, 0.1) is 6.07 Å². The second kappa shape index (κ2) is 4.81. The van der Waals surface area contributed by atoms with Crippen molar-refractivity contribution in [2.45, 2.75) is 0 Å². The zero-order chi connectivity index (χ0) is 8.23. The van der Waals surface area contributed by atoms with Gasteiger partial charge in [-0.3, -0.25) is 4.98 Å². The topological polar surface area (TPSA) is 25.8 Å². The van der Waals surface area contributed by atoms with Crippen molar-refractivity contribution in [1.29, 1.82) is 0 Å². The first kappa shape index (κ1) is 9.98. The van der Waals surface area contributed by atoms with E-state index in [4.69, 9.17) is 0 Å². The van der Waals surface area contributed by atoms with Crippen molar-refractivity contribution in [3.05, 3.63) is 48.8 Å². The summed E-state index contributed by atoms with van der Waals surface area (Å²) in [5.74, 6) is 0. The maximum Gasteiger partial charge on any atom is 1.00 e. The van der Waals surface area contributed by atoms with Gasteiger partial charge in [-0.05, 0) is 23.7 Å². The Morgan fingerprint density at radius 3 is 2.46 bits per heavy atom. The van der Waals surface area contributed by atoms with Crippen LogP contribution >= 0.6 is 0 Å². The van der Waals surface area contributed by atoms with Crippen LogP contribution in [-0.4, -0.2) is 9.97 Å². The molecule has 2 aromatic rings. The minimum Gasteiger partial charge on any atom is -0.318 e. The molecule has 2 nitrogen and oxygen atoms in total. The molecule has 0 amide bonds. The predicted octanol–water partition coefficient (Wildman–Crippen LogP) is -1.05. The van der Waals surface area contributed by atoms with Crippen molar-refractivity contribution < 1.29 is 18.9 Å². The Labute approximate surface area is 89.2 Å². The first-order valence-electron chi connectivity index (χ1n) is 3.71. The van der Waals surface area contributed by atoms with Crippen LogP contribution in [0.25, 0.3) is 11.4 Å². The molecular weight excluding hydrogens is 155 g/mol. The van der Waals surface area contributed by atoms with Crippen LogP contribution in [0.4, 0.5) is 0 Å². The van der Waals surface area contributed by atoms with Gasteiger partial charge >= 0.3 is 18.9 Å². The molecule has 0 aliphatic carbocycles. The second-order valence-electron chi connectivity index (χ2n) is 2.35. The summed E-state index contributed by atoms with van der Waals surface area (Å²) >= 11 is 0. The molecule has 0 saturated heterocycles. The first-order valence-corrected chi connectivity index (χ1v) is 3.71. The van der Waals surface area contributed by atoms with Gasteiger partial charge in [0.2, 0.25) is 0 Å². The minimum atomic E-state index is 0. The molecule has 13 heavy (non-hydrogen) atoms. The van der Waals surface area contributed by atoms with E-state index in [9.17, 15) is 0 Å². The largest absolute Gasteiger partial charge is 1.00 e. The fourth-order valence-corrected chi connectivity index (χ4v) is 0.968. The van der Waals surface area contributed by atoms with Gasteiger partial charge in [0.25, 0.3) is 0 Å². The van der Waals surface area contributed by atoms with E-state index in [0.717, 1.165) is 11.4 Å². The Balaban J connectivity index is 0.000000845. The Hall–Kier alpha value is -1.10. The van der Waals surface area contributed by atoms with E-state index < -0.39 is 0 Å². The van der Waals surface area contributed by atoms with Gasteiger partial charge in [-0.1, -0.05) is 12.1 Å². The van der Waals surface area contributed by atoms with Gasteiger partial charge in [-0.25, -0.2) is 0 Å². The molecule has 0 spiro atoms. The summed E-state index contributed by atoms with van der Waals surface area (Å²) in [6.07, 6.45) is 3.48. The normalized spacial score (nSPS) is 8.92.